The standard InChI is InChI=1S/C19H17Cl2F4N3O2/c20-13-3-1-2-12(27-13)15(18(30)7-4-10(22)5-8-18)28-17(29)11-6-9-26-16(14(11)21)19(23,24)25/h1-3,6,9-10,15,30H,4-5,7-8H2,(H,28,29)/t10-,15?,18-. The lowest BCUT2D eigenvalue weighted by Gasteiger charge is -2.40. The van der Waals surface area contributed by atoms with Gasteiger partial charge in [-0.1, -0.05) is 29.3 Å². The van der Waals surface area contributed by atoms with Gasteiger partial charge < -0.3 is 10.4 Å². The van der Waals surface area contributed by atoms with Gasteiger partial charge in [0.2, 0.25) is 0 Å². The van der Waals surface area contributed by atoms with Crippen LogP contribution in [0.1, 0.15) is 53.5 Å². The van der Waals surface area contributed by atoms with E-state index in [9.17, 15) is 27.5 Å². The van der Waals surface area contributed by atoms with Gasteiger partial charge in [-0.05, 0) is 43.9 Å². The molecule has 11 heteroatoms. The molecule has 1 saturated carbocycles. The van der Waals surface area contributed by atoms with E-state index >= 15 is 0 Å². The fraction of sp³-hybridized carbons (Fsp3) is 0.421. The summed E-state index contributed by atoms with van der Waals surface area (Å²) >= 11 is 11.7. The lowest BCUT2D eigenvalue weighted by atomic mass is 9.77. The van der Waals surface area contributed by atoms with Crippen LogP contribution in [0.25, 0.3) is 0 Å². The van der Waals surface area contributed by atoms with Gasteiger partial charge in [-0.2, -0.15) is 13.2 Å². The second-order valence-corrected chi connectivity index (χ2v) is 7.85. The van der Waals surface area contributed by atoms with E-state index in [0.717, 1.165) is 12.3 Å². The Balaban J connectivity index is 1.97. The van der Waals surface area contributed by atoms with Crippen LogP contribution in [0.5, 0.6) is 0 Å². The number of pyridine rings is 2. The number of halogens is 6. The van der Waals surface area contributed by atoms with E-state index in [1.165, 1.54) is 12.1 Å². The topological polar surface area (TPSA) is 75.1 Å². The van der Waals surface area contributed by atoms with Crippen LogP contribution in [0.4, 0.5) is 17.6 Å². The summed E-state index contributed by atoms with van der Waals surface area (Å²) in [4.78, 5) is 20.1. The summed E-state index contributed by atoms with van der Waals surface area (Å²) in [7, 11) is 0. The minimum absolute atomic E-state index is 0.0190. The van der Waals surface area contributed by atoms with Crippen molar-refractivity contribution in [2.75, 3.05) is 0 Å². The Kier molecular flexibility index (Phi) is 6.54. The van der Waals surface area contributed by atoms with Gasteiger partial charge >= 0.3 is 6.18 Å². The number of nitrogens with one attached hydrogen (secondary N) is 1. The predicted octanol–water partition coefficient (Wildman–Crippen LogP) is 4.92. The SMILES string of the molecule is O=C(NC(c1cccc(Cl)n1)[C@]1(O)CC[C@H](F)CC1)c1ccnc(C(F)(F)F)c1Cl. The number of amides is 1. The van der Waals surface area contributed by atoms with E-state index in [1.54, 1.807) is 6.07 Å². The summed E-state index contributed by atoms with van der Waals surface area (Å²) in [5.41, 5.74) is -3.24. The number of carbonyl (C=O) groups excluding carboxylic acids is 1. The Morgan fingerprint density at radius 3 is 2.50 bits per heavy atom. The molecule has 162 valence electrons. The first kappa shape index (κ1) is 22.7. The number of rotatable bonds is 4. The van der Waals surface area contributed by atoms with Crippen molar-refractivity contribution >= 4 is 29.1 Å². The highest BCUT2D eigenvalue weighted by Crippen LogP contribution is 2.40. The normalized spacial score (nSPS) is 23.1. The van der Waals surface area contributed by atoms with Crippen molar-refractivity contribution < 1.29 is 27.5 Å². The molecule has 0 aliphatic heterocycles. The van der Waals surface area contributed by atoms with E-state index in [2.05, 4.69) is 15.3 Å². The van der Waals surface area contributed by atoms with Crippen LogP contribution in [0.3, 0.4) is 0 Å². The number of hydrogen-bond donors (Lipinski definition) is 2. The van der Waals surface area contributed by atoms with E-state index in [-0.39, 0.29) is 36.5 Å². The number of hydrogen-bond acceptors (Lipinski definition) is 4. The molecule has 1 aliphatic carbocycles. The first-order valence-corrected chi connectivity index (χ1v) is 9.78. The lowest BCUT2D eigenvalue weighted by molar-refractivity contribution is -0.141. The summed E-state index contributed by atoms with van der Waals surface area (Å²) in [5, 5.41) is 12.9. The van der Waals surface area contributed by atoms with Gasteiger partial charge in [0.1, 0.15) is 17.4 Å². The molecule has 0 radical (unpaired) electrons. The van der Waals surface area contributed by atoms with Crippen LogP contribution in [0.15, 0.2) is 30.5 Å². The van der Waals surface area contributed by atoms with Crippen LogP contribution < -0.4 is 5.32 Å². The summed E-state index contributed by atoms with van der Waals surface area (Å²) in [6, 6.07) is 4.44. The quantitative estimate of drug-likeness (QED) is 0.496. The highest BCUT2D eigenvalue weighted by atomic mass is 35.5. The van der Waals surface area contributed by atoms with Gasteiger partial charge in [0, 0.05) is 6.20 Å². The Bertz CT molecular complexity index is 934. The second kappa shape index (κ2) is 8.64. The number of aromatic nitrogens is 2. The first-order valence-electron chi connectivity index (χ1n) is 9.03. The average Bonchev–Trinajstić information content (AvgIpc) is 2.67. The molecule has 2 heterocycles. The molecular formula is C19H17Cl2F4N3O2. The third-order valence-electron chi connectivity index (χ3n) is 5.03. The van der Waals surface area contributed by atoms with Crippen molar-refractivity contribution in [3.8, 4) is 0 Å². The van der Waals surface area contributed by atoms with Crippen molar-refractivity contribution in [3.63, 3.8) is 0 Å². The predicted molar refractivity (Wildman–Crippen MR) is 102 cm³/mol. The molecule has 1 atom stereocenters. The molecule has 2 N–H and O–H groups in total. The maximum atomic E-state index is 13.6. The summed E-state index contributed by atoms with van der Waals surface area (Å²) in [6.07, 6.45) is -4.94. The zero-order chi connectivity index (χ0) is 22.1. The van der Waals surface area contributed by atoms with Crippen molar-refractivity contribution in [2.45, 2.75) is 49.7 Å². The fourth-order valence-corrected chi connectivity index (χ4v) is 3.94. The van der Waals surface area contributed by atoms with Gasteiger partial charge in [0.25, 0.3) is 5.91 Å². The molecule has 1 fully saturated rings. The average molecular weight is 466 g/mol. The number of nitrogens with zero attached hydrogens (tertiary/aromatic N) is 2. The third-order valence-corrected chi connectivity index (χ3v) is 5.62. The molecular weight excluding hydrogens is 449 g/mol. The van der Waals surface area contributed by atoms with Crippen molar-refractivity contribution in [3.05, 3.63) is 57.6 Å². The molecule has 0 aromatic carbocycles. The number of aliphatic hydroxyl groups is 1. The van der Waals surface area contributed by atoms with Crippen LogP contribution in [0.2, 0.25) is 10.2 Å². The Hall–Kier alpha value is -1.97. The van der Waals surface area contributed by atoms with E-state index in [1.807, 2.05) is 0 Å². The third kappa shape index (κ3) is 4.84. The summed E-state index contributed by atoms with van der Waals surface area (Å²) < 4.78 is 52.8. The largest absolute Gasteiger partial charge is 0.434 e. The first-order chi connectivity index (χ1) is 14.0. The zero-order valence-corrected chi connectivity index (χ0v) is 16.9. The van der Waals surface area contributed by atoms with Crippen LogP contribution in [0, 0.1) is 0 Å². The molecule has 3 rings (SSSR count). The molecule has 2 aromatic heterocycles. The van der Waals surface area contributed by atoms with Gasteiger partial charge in [-0.15, -0.1) is 0 Å². The minimum Gasteiger partial charge on any atom is -0.387 e. The van der Waals surface area contributed by atoms with E-state index in [4.69, 9.17) is 23.2 Å². The molecule has 0 bridgehead atoms. The van der Waals surface area contributed by atoms with E-state index in [0.29, 0.717) is 0 Å². The van der Waals surface area contributed by atoms with Crippen LogP contribution in [-0.4, -0.2) is 32.8 Å². The molecule has 30 heavy (non-hydrogen) atoms. The molecule has 5 nitrogen and oxygen atoms in total. The smallest absolute Gasteiger partial charge is 0.387 e. The minimum atomic E-state index is -4.85. The van der Waals surface area contributed by atoms with Crippen molar-refractivity contribution in [1.82, 2.24) is 15.3 Å². The summed E-state index contributed by atoms with van der Waals surface area (Å²) in [6.45, 7) is 0. The van der Waals surface area contributed by atoms with E-state index < -0.39 is 46.2 Å². The molecule has 0 spiro atoms. The van der Waals surface area contributed by atoms with Crippen molar-refractivity contribution in [1.29, 1.82) is 0 Å². The van der Waals surface area contributed by atoms with Gasteiger partial charge in [0.15, 0.2) is 5.69 Å². The maximum absolute atomic E-state index is 13.6. The molecule has 2 aromatic rings. The Labute approximate surface area is 179 Å². The summed E-state index contributed by atoms with van der Waals surface area (Å²) in [5.74, 6) is -0.963. The van der Waals surface area contributed by atoms with Crippen LogP contribution >= 0.6 is 23.2 Å². The highest BCUT2D eigenvalue weighted by Gasteiger charge is 2.43. The molecule has 1 amide bonds. The Morgan fingerprint density at radius 1 is 1.23 bits per heavy atom. The monoisotopic (exact) mass is 465 g/mol. The number of alkyl halides is 4. The maximum Gasteiger partial charge on any atom is 0.434 e. The lowest BCUT2D eigenvalue weighted by Crippen LogP contribution is -2.49. The Morgan fingerprint density at radius 2 is 1.90 bits per heavy atom. The van der Waals surface area contributed by atoms with Crippen molar-refractivity contribution in [2.24, 2.45) is 0 Å². The zero-order valence-electron chi connectivity index (χ0n) is 15.4. The number of carbonyl (C=O) groups is 1. The van der Waals surface area contributed by atoms with Gasteiger partial charge in [-0.3, -0.25) is 9.78 Å². The fourth-order valence-electron chi connectivity index (χ4n) is 3.47. The van der Waals surface area contributed by atoms with Gasteiger partial charge in [0.05, 0.1) is 21.9 Å². The molecule has 1 unspecified atom stereocenters. The highest BCUT2D eigenvalue weighted by molar-refractivity contribution is 6.34. The van der Waals surface area contributed by atoms with Gasteiger partial charge in [-0.25, -0.2) is 9.37 Å². The molecule has 0 saturated heterocycles. The second-order valence-electron chi connectivity index (χ2n) is 7.09. The molecule has 1 aliphatic rings. The van der Waals surface area contributed by atoms with Crippen LogP contribution in [-0.2, 0) is 6.18 Å².